The molecule has 7 heteroatoms. The molecule has 0 atom stereocenters. The van der Waals surface area contributed by atoms with Gasteiger partial charge in [-0.05, 0) is 49.2 Å². The average Bonchev–Trinajstić information content (AvgIpc) is 2.53. The summed E-state index contributed by atoms with van der Waals surface area (Å²) in [5.74, 6) is 0.510. The van der Waals surface area contributed by atoms with Gasteiger partial charge in [0.25, 0.3) is 5.91 Å². The molecule has 0 aliphatic heterocycles. The number of ether oxygens (including phenoxy) is 1. The van der Waals surface area contributed by atoms with Gasteiger partial charge < -0.3 is 10.1 Å². The van der Waals surface area contributed by atoms with Crippen LogP contribution < -0.4 is 14.8 Å². The molecule has 0 heterocycles. The summed E-state index contributed by atoms with van der Waals surface area (Å²) in [6.45, 7) is 4.69. The fourth-order valence-corrected chi connectivity index (χ4v) is 2.80. The molecule has 0 radical (unpaired) electrons. The fourth-order valence-electron chi connectivity index (χ4n) is 2.25. The molecule has 0 aromatic heterocycles. The van der Waals surface area contributed by atoms with Crippen molar-refractivity contribution in [3.8, 4) is 5.75 Å². The highest BCUT2D eigenvalue weighted by Crippen LogP contribution is 2.20. The van der Waals surface area contributed by atoms with Crippen LogP contribution in [0, 0.1) is 13.8 Å². The zero-order valence-corrected chi connectivity index (χ0v) is 15.3. The van der Waals surface area contributed by atoms with E-state index < -0.39 is 10.0 Å². The van der Waals surface area contributed by atoms with E-state index in [-0.39, 0.29) is 5.91 Å². The van der Waals surface area contributed by atoms with Crippen molar-refractivity contribution in [1.82, 2.24) is 5.32 Å². The maximum atomic E-state index is 12.2. The average molecular weight is 362 g/mol. The smallest absolute Gasteiger partial charge is 0.251 e. The highest BCUT2D eigenvalue weighted by atomic mass is 32.2. The minimum absolute atomic E-state index is 0.290. The van der Waals surface area contributed by atoms with E-state index in [4.69, 9.17) is 4.74 Å². The summed E-state index contributed by atoms with van der Waals surface area (Å²) >= 11 is 0. The molecule has 0 bridgehead atoms. The van der Waals surface area contributed by atoms with Gasteiger partial charge in [-0.15, -0.1) is 0 Å². The van der Waals surface area contributed by atoms with Crippen molar-refractivity contribution in [2.75, 3.05) is 24.1 Å². The highest BCUT2D eigenvalue weighted by molar-refractivity contribution is 7.92. The lowest BCUT2D eigenvalue weighted by molar-refractivity contribution is 0.0947. The molecule has 134 valence electrons. The van der Waals surface area contributed by atoms with E-state index in [1.165, 1.54) is 6.07 Å². The number of hydrogen-bond acceptors (Lipinski definition) is 4. The quantitative estimate of drug-likeness (QED) is 0.741. The van der Waals surface area contributed by atoms with Crippen molar-refractivity contribution in [1.29, 1.82) is 0 Å². The molecule has 0 spiro atoms. The van der Waals surface area contributed by atoms with Gasteiger partial charge in [-0.25, -0.2) is 8.42 Å². The van der Waals surface area contributed by atoms with Crippen LogP contribution in [-0.4, -0.2) is 33.7 Å². The Morgan fingerprint density at radius 3 is 2.56 bits per heavy atom. The normalized spacial score (nSPS) is 11.0. The first-order chi connectivity index (χ1) is 11.8. The molecule has 2 rings (SSSR count). The molecule has 25 heavy (non-hydrogen) atoms. The lowest BCUT2D eigenvalue weighted by Crippen LogP contribution is -2.28. The van der Waals surface area contributed by atoms with Crippen molar-refractivity contribution in [2.24, 2.45) is 0 Å². The topological polar surface area (TPSA) is 84.5 Å². The van der Waals surface area contributed by atoms with E-state index in [1.807, 2.05) is 32.0 Å². The van der Waals surface area contributed by atoms with Crippen molar-refractivity contribution in [2.45, 2.75) is 13.8 Å². The molecule has 0 unspecified atom stereocenters. The van der Waals surface area contributed by atoms with Crippen molar-refractivity contribution >= 4 is 21.6 Å². The van der Waals surface area contributed by atoms with Crippen molar-refractivity contribution < 1.29 is 17.9 Å². The van der Waals surface area contributed by atoms with E-state index >= 15 is 0 Å². The van der Waals surface area contributed by atoms with E-state index in [1.54, 1.807) is 18.2 Å². The molecule has 0 fully saturated rings. The van der Waals surface area contributed by atoms with Crippen molar-refractivity contribution in [3.63, 3.8) is 0 Å². The van der Waals surface area contributed by atoms with Crippen LogP contribution in [0.3, 0.4) is 0 Å². The summed E-state index contributed by atoms with van der Waals surface area (Å²) in [4.78, 5) is 12.2. The molecular formula is C18H22N2O4S. The monoisotopic (exact) mass is 362 g/mol. The third-order valence-electron chi connectivity index (χ3n) is 3.63. The highest BCUT2D eigenvalue weighted by Gasteiger charge is 2.08. The number of carbonyl (C=O) groups is 1. The van der Waals surface area contributed by atoms with Crippen LogP contribution in [0.25, 0.3) is 0 Å². The molecular weight excluding hydrogens is 340 g/mol. The fraction of sp³-hybridized carbons (Fsp3) is 0.278. The van der Waals surface area contributed by atoms with E-state index in [0.717, 1.165) is 23.1 Å². The zero-order chi connectivity index (χ0) is 18.4. The van der Waals surface area contributed by atoms with Gasteiger partial charge in [0.05, 0.1) is 12.8 Å². The van der Waals surface area contributed by atoms with Crippen LogP contribution in [-0.2, 0) is 10.0 Å². The number of aryl methyl sites for hydroxylation is 1. The Hall–Kier alpha value is -2.54. The Morgan fingerprint density at radius 2 is 1.84 bits per heavy atom. The molecule has 1 amide bonds. The van der Waals surface area contributed by atoms with Gasteiger partial charge in [0.15, 0.2) is 0 Å². The summed E-state index contributed by atoms with van der Waals surface area (Å²) in [5, 5.41) is 2.75. The van der Waals surface area contributed by atoms with Crippen LogP contribution in [0.1, 0.15) is 21.5 Å². The van der Waals surface area contributed by atoms with Gasteiger partial charge in [-0.3, -0.25) is 9.52 Å². The summed E-state index contributed by atoms with van der Waals surface area (Å²) in [7, 11) is -3.38. The van der Waals surface area contributed by atoms with E-state index in [9.17, 15) is 13.2 Å². The first-order valence-electron chi connectivity index (χ1n) is 7.81. The Morgan fingerprint density at radius 1 is 1.12 bits per heavy atom. The number of rotatable bonds is 7. The van der Waals surface area contributed by atoms with Gasteiger partial charge in [-0.1, -0.05) is 18.2 Å². The minimum atomic E-state index is -3.38. The predicted molar refractivity (Wildman–Crippen MR) is 98.7 cm³/mol. The molecule has 2 N–H and O–H groups in total. The SMILES string of the molecule is Cc1cccc(OCCNC(=O)c2cccc(NS(C)(=O)=O)c2)c1C. The van der Waals surface area contributed by atoms with Gasteiger partial charge in [0.1, 0.15) is 12.4 Å². The van der Waals surface area contributed by atoms with Crippen LogP contribution >= 0.6 is 0 Å². The van der Waals surface area contributed by atoms with Crippen LogP contribution in [0.4, 0.5) is 5.69 Å². The van der Waals surface area contributed by atoms with Crippen LogP contribution in [0.15, 0.2) is 42.5 Å². The number of nitrogens with one attached hydrogen (secondary N) is 2. The van der Waals surface area contributed by atoms with Gasteiger partial charge >= 0.3 is 0 Å². The Balaban J connectivity index is 1.88. The Labute approximate surface area is 148 Å². The number of carbonyl (C=O) groups excluding carboxylic acids is 1. The molecule has 0 aliphatic rings. The van der Waals surface area contributed by atoms with Crippen LogP contribution in [0.5, 0.6) is 5.75 Å². The van der Waals surface area contributed by atoms with Gasteiger partial charge in [0, 0.05) is 11.3 Å². The number of hydrogen-bond donors (Lipinski definition) is 2. The van der Waals surface area contributed by atoms with Crippen molar-refractivity contribution in [3.05, 3.63) is 59.2 Å². The summed E-state index contributed by atoms with van der Waals surface area (Å²) in [5.41, 5.74) is 2.95. The first kappa shape index (κ1) is 18.8. The first-order valence-corrected chi connectivity index (χ1v) is 9.70. The van der Waals surface area contributed by atoms with E-state index in [2.05, 4.69) is 10.0 Å². The Kier molecular flexibility index (Phi) is 6.03. The second kappa shape index (κ2) is 8.02. The van der Waals surface area contributed by atoms with Gasteiger partial charge in [0.2, 0.25) is 10.0 Å². The second-order valence-electron chi connectivity index (χ2n) is 5.76. The summed E-state index contributed by atoms with van der Waals surface area (Å²) in [6, 6.07) is 12.1. The zero-order valence-electron chi connectivity index (χ0n) is 14.5. The lowest BCUT2D eigenvalue weighted by Gasteiger charge is -2.12. The molecule has 0 saturated carbocycles. The maximum absolute atomic E-state index is 12.2. The maximum Gasteiger partial charge on any atom is 0.251 e. The minimum Gasteiger partial charge on any atom is -0.491 e. The molecule has 2 aromatic rings. The summed E-state index contributed by atoms with van der Waals surface area (Å²) in [6.07, 6.45) is 1.06. The number of anilines is 1. The lowest BCUT2D eigenvalue weighted by atomic mass is 10.1. The predicted octanol–water partition coefficient (Wildman–Crippen LogP) is 2.48. The largest absolute Gasteiger partial charge is 0.491 e. The molecule has 0 aliphatic carbocycles. The standard InChI is InChI=1S/C18H22N2O4S/c1-13-6-4-9-17(14(13)2)24-11-10-19-18(21)15-7-5-8-16(12-15)20-25(3,22)23/h4-9,12,20H,10-11H2,1-3H3,(H,19,21). The third kappa shape index (κ3) is 5.79. The van der Waals surface area contributed by atoms with Gasteiger partial charge in [-0.2, -0.15) is 0 Å². The molecule has 6 nitrogen and oxygen atoms in total. The number of sulfonamides is 1. The molecule has 0 saturated heterocycles. The van der Waals surface area contributed by atoms with Crippen LogP contribution in [0.2, 0.25) is 0 Å². The summed E-state index contributed by atoms with van der Waals surface area (Å²) < 4.78 is 30.5. The third-order valence-corrected chi connectivity index (χ3v) is 4.23. The Bertz CT molecular complexity index is 863. The molecule has 2 aromatic carbocycles. The second-order valence-corrected chi connectivity index (χ2v) is 7.51. The number of benzene rings is 2. The number of amides is 1. The van der Waals surface area contributed by atoms with E-state index in [0.29, 0.717) is 24.4 Å².